The molecule has 0 amide bonds. The Morgan fingerprint density at radius 2 is 0.765 bits per heavy atom. The van der Waals surface area contributed by atoms with Crippen molar-refractivity contribution in [2.45, 2.75) is 0 Å². The van der Waals surface area contributed by atoms with Crippen LogP contribution in [0.2, 0.25) is 0 Å². The molecule has 0 atom stereocenters. The minimum Gasteiger partial charge on any atom is -0.497 e. The first-order valence-electron chi connectivity index (χ1n) is 11.0. The predicted octanol–water partition coefficient (Wildman–Crippen LogP) is 6.73. The fourth-order valence-corrected chi connectivity index (χ4v) is 4.09. The van der Waals surface area contributed by atoms with Gasteiger partial charge in [0.2, 0.25) is 0 Å². The van der Waals surface area contributed by atoms with Crippen molar-refractivity contribution in [1.29, 1.82) is 0 Å². The van der Waals surface area contributed by atoms with Gasteiger partial charge < -0.3 is 18.9 Å². The summed E-state index contributed by atoms with van der Waals surface area (Å²) in [6.45, 7) is 0. The number of benzene rings is 4. The molecule has 0 saturated carbocycles. The molecule has 4 heteroatoms. The van der Waals surface area contributed by atoms with Crippen molar-refractivity contribution in [3.8, 4) is 23.0 Å². The normalized spacial score (nSPS) is 11.4. The molecule has 0 spiro atoms. The summed E-state index contributed by atoms with van der Waals surface area (Å²) in [6, 6.07) is 32.3. The average Bonchev–Trinajstić information content (AvgIpc) is 2.92. The standard InChI is InChI=1S/C30H28O4/c1-31-23-17-13-21(14-18-23)29(25-9-5-7-11-27(25)33-3)30(22-15-19-24(32-2)20-16-22)26-10-6-8-12-28(26)34-4/h5-20H,1-4H3/b30-29+. The molecule has 172 valence electrons. The van der Waals surface area contributed by atoms with Crippen LogP contribution in [0.15, 0.2) is 97.1 Å². The van der Waals surface area contributed by atoms with Gasteiger partial charge >= 0.3 is 0 Å². The van der Waals surface area contributed by atoms with E-state index in [0.717, 1.165) is 56.4 Å². The molecular formula is C30H28O4. The third-order valence-electron chi connectivity index (χ3n) is 5.76. The van der Waals surface area contributed by atoms with Crippen LogP contribution in [0.3, 0.4) is 0 Å². The lowest BCUT2D eigenvalue weighted by Gasteiger charge is -2.21. The van der Waals surface area contributed by atoms with E-state index in [1.54, 1.807) is 28.4 Å². The summed E-state index contributed by atoms with van der Waals surface area (Å²) in [6.07, 6.45) is 0. The lowest BCUT2D eigenvalue weighted by Crippen LogP contribution is -2.01. The van der Waals surface area contributed by atoms with E-state index in [1.165, 1.54) is 0 Å². The fraction of sp³-hybridized carbons (Fsp3) is 0.133. The van der Waals surface area contributed by atoms with E-state index in [2.05, 4.69) is 36.4 Å². The van der Waals surface area contributed by atoms with Crippen molar-refractivity contribution in [2.75, 3.05) is 28.4 Å². The first-order chi connectivity index (χ1) is 16.7. The second-order valence-electron chi connectivity index (χ2n) is 7.61. The van der Waals surface area contributed by atoms with Crippen LogP contribution in [-0.4, -0.2) is 28.4 Å². The van der Waals surface area contributed by atoms with Gasteiger partial charge in [-0.3, -0.25) is 0 Å². The Bertz CT molecular complexity index is 1170. The van der Waals surface area contributed by atoms with Gasteiger partial charge in [-0.2, -0.15) is 0 Å². The van der Waals surface area contributed by atoms with Gasteiger partial charge in [0.05, 0.1) is 28.4 Å². The first-order valence-corrected chi connectivity index (χ1v) is 11.0. The molecular weight excluding hydrogens is 424 g/mol. The second kappa shape index (κ2) is 10.6. The van der Waals surface area contributed by atoms with Gasteiger partial charge in [-0.05, 0) is 47.5 Å². The zero-order valence-electron chi connectivity index (χ0n) is 19.9. The molecule has 4 aromatic carbocycles. The summed E-state index contributed by atoms with van der Waals surface area (Å²) in [4.78, 5) is 0. The number of hydrogen-bond donors (Lipinski definition) is 0. The van der Waals surface area contributed by atoms with Crippen molar-refractivity contribution >= 4 is 11.1 Å². The molecule has 0 heterocycles. The minimum atomic E-state index is 0.786. The van der Waals surface area contributed by atoms with E-state index >= 15 is 0 Å². The summed E-state index contributed by atoms with van der Waals surface area (Å²) >= 11 is 0. The zero-order valence-corrected chi connectivity index (χ0v) is 19.9. The number of rotatable bonds is 8. The Kier molecular flexibility index (Phi) is 7.19. The Hall–Kier alpha value is -4.18. The summed E-state index contributed by atoms with van der Waals surface area (Å²) in [5.41, 5.74) is 6.06. The van der Waals surface area contributed by atoms with Crippen LogP contribution < -0.4 is 18.9 Å². The molecule has 0 aliphatic carbocycles. The van der Waals surface area contributed by atoms with Gasteiger partial charge in [-0.15, -0.1) is 0 Å². The lowest BCUT2D eigenvalue weighted by atomic mass is 9.85. The number of methoxy groups -OCH3 is 4. The Morgan fingerprint density at radius 3 is 1.09 bits per heavy atom. The van der Waals surface area contributed by atoms with Gasteiger partial charge in [-0.1, -0.05) is 60.7 Å². The quantitative estimate of drug-likeness (QED) is 0.278. The Morgan fingerprint density at radius 1 is 0.412 bits per heavy atom. The van der Waals surface area contributed by atoms with E-state index in [9.17, 15) is 0 Å². The van der Waals surface area contributed by atoms with Crippen molar-refractivity contribution < 1.29 is 18.9 Å². The molecule has 0 unspecified atom stereocenters. The molecule has 4 nitrogen and oxygen atoms in total. The third kappa shape index (κ3) is 4.62. The van der Waals surface area contributed by atoms with Crippen LogP contribution in [0.5, 0.6) is 23.0 Å². The lowest BCUT2D eigenvalue weighted by molar-refractivity contribution is 0.413. The van der Waals surface area contributed by atoms with Crippen molar-refractivity contribution in [2.24, 2.45) is 0 Å². The first kappa shape index (κ1) is 23.0. The maximum atomic E-state index is 5.80. The summed E-state index contributed by atoms with van der Waals surface area (Å²) < 4.78 is 22.4. The van der Waals surface area contributed by atoms with Crippen molar-refractivity contribution in [3.05, 3.63) is 119 Å². The van der Waals surface area contributed by atoms with E-state index < -0.39 is 0 Å². The highest BCUT2D eigenvalue weighted by atomic mass is 16.5. The van der Waals surface area contributed by atoms with Crippen molar-refractivity contribution in [1.82, 2.24) is 0 Å². The molecule has 0 aliphatic rings. The van der Waals surface area contributed by atoms with Gasteiger partial charge in [-0.25, -0.2) is 0 Å². The minimum absolute atomic E-state index is 0.786. The molecule has 0 saturated heterocycles. The molecule has 0 N–H and O–H groups in total. The van der Waals surface area contributed by atoms with Crippen LogP contribution in [0.25, 0.3) is 11.1 Å². The van der Waals surface area contributed by atoms with Crippen LogP contribution in [-0.2, 0) is 0 Å². The molecule has 4 rings (SSSR count). The fourth-order valence-electron chi connectivity index (χ4n) is 4.09. The zero-order chi connectivity index (χ0) is 23.9. The predicted molar refractivity (Wildman–Crippen MR) is 137 cm³/mol. The SMILES string of the molecule is COc1ccc(/C(=C(/c2ccc(OC)cc2)c2ccccc2OC)c2ccccc2OC)cc1. The average molecular weight is 453 g/mol. The molecule has 0 aromatic heterocycles. The van der Waals surface area contributed by atoms with Gasteiger partial charge in [0, 0.05) is 22.3 Å². The molecule has 0 fully saturated rings. The van der Waals surface area contributed by atoms with E-state index in [-0.39, 0.29) is 0 Å². The maximum Gasteiger partial charge on any atom is 0.126 e. The van der Waals surface area contributed by atoms with Gasteiger partial charge in [0.25, 0.3) is 0 Å². The summed E-state index contributed by atoms with van der Waals surface area (Å²) in [7, 11) is 6.73. The number of para-hydroxylation sites is 2. The van der Waals surface area contributed by atoms with Crippen molar-refractivity contribution in [3.63, 3.8) is 0 Å². The molecule has 0 radical (unpaired) electrons. The van der Waals surface area contributed by atoms with Crippen LogP contribution in [0.1, 0.15) is 22.3 Å². The summed E-state index contributed by atoms with van der Waals surface area (Å²) in [5, 5.41) is 0. The van der Waals surface area contributed by atoms with Crippen LogP contribution >= 0.6 is 0 Å². The highest BCUT2D eigenvalue weighted by Crippen LogP contribution is 2.43. The summed E-state index contributed by atoms with van der Waals surface area (Å²) in [5.74, 6) is 3.17. The van der Waals surface area contributed by atoms with Crippen LogP contribution in [0.4, 0.5) is 0 Å². The molecule has 0 aliphatic heterocycles. The van der Waals surface area contributed by atoms with E-state index in [0.29, 0.717) is 0 Å². The monoisotopic (exact) mass is 452 g/mol. The maximum absolute atomic E-state index is 5.80. The Balaban J connectivity index is 2.14. The van der Waals surface area contributed by atoms with E-state index in [4.69, 9.17) is 18.9 Å². The molecule has 0 bridgehead atoms. The number of ether oxygens (including phenoxy) is 4. The van der Waals surface area contributed by atoms with Gasteiger partial charge in [0.1, 0.15) is 23.0 Å². The highest BCUT2D eigenvalue weighted by molar-refractivity contribution is 6.06. The third-order valence-corrected chi connectivity index (χ3v) is 5.76. The largest absolute Gasteiger partial charge is 0.497 e. The second-order valence-corrected chi connectivity index (χ2v) is 7.61. The molecule has 4 aromatic rings. The number of hydrogen-bond acceptors (Lipinski definition) is 4. The molecule has 34 heavy (non-hydrogen) atoms. The smallest absolute Gasteiger partial charge is 0.126 e. The Labute approximate surface area is 201 Å². The van der Waals surface area contributed by atoms with Gasteiger partial charge in [0.15, 0.2) is 0 Å². The van der Waals surface area contributed by atoms with Crippen LogP contribution in [0, 0.1) is 0 Å². The highest BCUT2D eigenvalue weighted by Gasteiger charge is 2.21. The topological polar surface area (TPSA) is 36.9 Å². The van der Waals surface area contributed by atoms with E-state index in [1.807, 2.05) is 60.7 Å².